The summed E-state index contributed by atoms with van der Waals surface area (Å²) in [5, 5.41) is 2.86. The number of hydrogen-bond acceptors (Lipinski definition) is 3. The van der Waals surface area contributed by atoms with Crippen molar-refractivity contribution < 1.29 is 13.9 Å². The third-order valence-corrected chi connectivity index (χ3v) is 4.74. The van der Waals surface area contributed by atoms with Crippen molar-refractivity contribution in [3.8, 4) is 0 Å². The minimum Gasteiger partial charge on any atom is -0.373 e. The minimum atomic E-state index is -0.373. The number of carbonyl (C=O) groups is 1. The number of morpholine rings is 1. The lowest BCUT2D eigenvalue weighted by atomic mass is 10.1. The second-order valence-corrected chi connectivity index (χ2v) is 6.44. The van der Waals surface area contributed by atoms with E-state index in [1.54, 1.807) is 0 Å². The van der Waals surface area contributed by atoms with E-state index in [4.69, 9.17) is 4.74 Å². The van der Waals surface area contributed by atoms with Crippen LogP contribution in [0.25, 0.3) is 0 Å². The zero-order chi connectivity index (χ0) is 14.8. The van der Waals surface area contributed by atoms with Crippen molar-refractivity contribution in [3.05, 3.63) is 34.1 Å². The number of fused-ring (bicyclic) bond motifs is 1. The Kier molecular flexibility index (Phi) is 4.57. The van der Waals surface area contributed by atoms with E-state index in [1.165, 1.54) is 31.0 Å². The second-order valence-electron chi connectivity index (χ2n) is 5.59. The number of hydrogen-bond donors (Lipinski definition) is 1. The van der Waals surface area contributed by atoms with Gasteiger partial charge in [-0.15, -0.1) is 0 Å². The highest BCUT2D eigenvalue weighted by atomic mass is 79.9. The average molecular weight is 357 g/mol. The molecule has 0 bridgehead atoms. The van der Waals surface area contributed by atoms with Crippen LogP contribution in [-0.2, 0) is 4.74 Å². The van der Waals surface area contributed by atoms with Crippen molar-refractivity contribution in [3.63, 3.8) is 0 Å². The fourth-order valence-corrected chi connectivity index (χ4v) is 3.33. The normalized spacial score (nSPS) is 25.6. The van der Waals surface area contributed by atoms with Crippen LogP contribution in [0.1, 0.15) is 23.2 Å². The van der Waals surface area contributed by atoms with Crippen LogP contribution < -0.4 is 5.32 Å². The molecule has 2 heterocycles. The molecule has 2 unspecified atom stereocenters. The largest absolute Gasteiger partial charge is 0.373 e. The van der Waals surface area contributed by atoms with Crippen molar-refractivity contribution >= 4 is 21.8 Å². The number of rotatable bonds is 3. The summed E-state index contributed by atoms with van der Waals surface area (Å²) < 4.78 is 19.2. The maximum atomic E-state index is 13.2. The third-order valence-electron chi connectivity index (χ3n) is 4.13. The van der Waals surface area contributed by atoms with Crippen molar-refractivity contribution in [2.45, 2.75) is 25.0 Å². The maximum Gasteiger partial charge on any atom is 0.251 e. The van der Waals surface area contributed by atoms with E-state index in [-0.39, 0.29) is 17.8 Å². The molecule has 1 aromatic carbocycles. The van der Waals surface area contributed by atoms with Gasteiger partial charge in [0.05, 0.1) is 17.2 Å². The topological polar surface area (TPSA) is 41.6 Å². The molecule has 6 heteroatoms. The van der Waals surface area contributed by atoms with E-state index in [2.05, 4.69) is 26.1 Å². The van der Waals surface area contributed by atoms with Gasteiger partial charge < -0.3 is 10.1 Å². The van der Waals surface area contributed by atoms with Gasteiger partial charge in [-0.2, -0.15) is 0 Å². The molecule has 3 rings (SSSR count). The van der Waals surface area contributed by atoms with Gasteiger partial charge in [0.2, 0.25) is 0 Å². The molecule has 1 amide bonds. The zero-order valence-corrected chi connectivity index (χ0v) is 13.2. The van der Waals surface area contributed by atoms with Gasteiger partial charge in [-0.3, -0.25) is 9.69 Å². The van der Waals surface area contributed by atoms with Gasteiger partial charge >= 0.3 is 0 Å². The molecule has 1 aromatic rings. The number of halogens is 2. The number of amides is 1. The van der Waals surface area contributed by atoms with E-state index in [1.807, 2.05) is 0 Å². The predicted molar refractivity (Wildman–Crippen MR) is 80.8 cm³/mol. The van der Waals surface area contributed by atoms with Crippen molar-refractivity contribution in [2.75, 3.05) is 26.2 Å². The van der Waals surface area contributed by atoms with Gasteiger partial charge in [-0.05, 0) is 53.5 Å². The third kappa shape index (κ3) is 3.44. The first-order chi connectivity index (χ1) is 10.1. The van der Waals surface area contributed by atoms with Crippen LogP contribution >= 0.6 is 15.9 Å². The number of nitrogens with one attached hydrogen (secondary N) is 1. The van der Waals surface area contributed by atoms with E-state index in [0.717, 1.165) is 19.7 Å². The molecule has 114 valence electrons. The van der Waals surface area contributed by atoms with E-state index in [0.29, 0.717) is 22.6 Å². The standard InChI is InChI=1S/C15H18BrFN2O2/c16-13-6-10(3-4-14(13)17)15(20)18-7-12-8-19-5-1-2-11(19)9-21-12/h3-4,6,11-12H,1-2,5,7-9H2,(H,18,20). The Morgan fingerprint density at radius 2 is 2.38 bits per heavy atom. The van der Waals surface area contributed by atoms with Crippen LogP contribution in [0.15, 0.2) is 22.7 Å². The number of ether oxygens (including phenoxy) is 1. The lowest BCUT2D eigenvalue weighted by Crippen LogP contribution is -2.50. The number of carbonyl (C=O) groups excluding carboxylic acids is 1. The summed E-state index contributed by atoms with van der Waals surface area (Å²) in [5.74, 6) is -0.579. The van der Waals surface area contributed by atoms with Crippen molar-refractivity contribution in [1.82, 2.24) is 10.2 Å². The van der Waals surface area contributed by atoms with Crippen molar-refractivity contribution in [1.29, 1.82) is 0 Å². The molecule has 2 aliphatic rings. The lowest BCUT2D eigenvalue weighted by molar-refractivity contribution is -0.0461. The highest BCUT2D eigenvalue weighted by Crippen LogP contribution is 2.22. The fourth-order valence-electron chi connectivity index (χ4n) is 2.96. The quantitative estimate of drug-likeness (QED) is 0.902. The SMILES string of the molecule is O=C(NCC1CN2CCCC2CO1)c1ccc(F)c(Br)c1. The molecule has 1 N–H and O–H groups in total. The molecule has 0 aromatic heterocycles. The summed E-state index contributed by atoms with van der Waals surface area (Å²) in [5.41, 5.74) is 0.443. The van der Waals surface area contributed by atoms with E-state index in [9.17, 15) is 9.18 Å². The highest BCUT2D eigenvalue weighted by molar-refractivity contribution is 9.10. The molecule has 2 aliphatic heterocycles. The Hall–Kier alpha value is -0.980. The summed E-state index contributed by atoms with van der Waals surface area (Å²) in [6, 6.07) is 4.81. The van der Waals surface area contributed by atoms with E-state index >= 15 is 0 Å². The highest BCUT2D eigenvalue weighted by Gasteiger charge is 2.32. The molecular formula is C15H18BrFN2O2. The minimum absolute atomic E-state index is 0.0344. The van der Waals surface area contributed by atoms with Crippen LogP contribution in [-0.4, -0.2) is 49.2 Å². The number of nitrogens with zero attached hydrogens (tertiary/aromatic N) is 1. The molecule has 0 aliphatic carbocycles. The van der Waals surface area contributed by atoms with Crippen LogP contribution in [0.4, 0.5) is 4.39 Å². The summed E-state index contributed by atoms with van der Waals surface area (Å²) in [7, 11) is 0. The first kappa shape index (κ1) is 14.9. The van der Waals surface area contributed by atoms with Gasteiger partial charge in [-0.1, -0.05) is 0 Å². The smallest absolute Gasteiger partial charge is 0.251 e. The summed E-state index contributed by atoms with van der Waals surface area (Å²) in [6.45, 7) is 3.24. The molecule has 2 fully saturated rings. The van der Waals surface area contributed by atoms with E-state index < -0.39 is 0 Å². The maximum absolute atomic E-state index is 13.2. The summed E-state index contributed by atoms with van der Waals surface area (Å²) in [4.78, 5) is 14.5. The molecule has 2 saturated heterocycles. The molecule has 4 nitrogen and oxygen atoms in total. The molecule has 0 spiro atoms. The first-order valence-electron chi connectivity index (χ1n) is 7.22. The van der Waals surface area contributed by atoms with Crippen LogP contribution in [0, 0.1) is 5.82 Å². The van der Waals surface area contributed by atoms with Crippen LogP contribution in [0.2, 0.25) is 0 Å². The fraction of sp³-hybridized carbons (Fsp3) is 0.533. The predicted octanol–water partition coefficient (Wildman–Crippen LogP) is 2.18. The molecule has 0 radical (unpaired) electrons. The van der Waals surface area contributed by atoms with Gasteiger partial charge in [-0.25, -0.2) is 4.39 Å². The van der Waals surface area contributed by atoms with Crippen molar-refractivity contribution in [2.24, 2.45) is 0 Å². The number of benzene rings is 1. The Morgan fingerprint density at radius 1 is 1.52 bits per heavy atom. The molecule has 0 saturated carbocycles. The van der Waals surface area contributed by atoms with Crippen LogP contribution in [0.3, 0.4) is 0 Å². The lowest BCUT2D eigenvalue weighted by Gasteiger charge is -2.35. The van der Waals surface area contributed by atoms with Gasteiger partial charge in [0, 0.05) is 24.7 Å². The average Bonchev–Trinajstić information content (AvgIpc) is 2.95. The summed E-state index contributed by atoms with van der Waals surface area (Å²) >= 11 is 3.09. The second kappa shape index (κ2) is 6.42. The summed E-state index contributed by atoms with van der Waals surface area (Å²) in [6.07, 6.45) is 2.48. The van der Waals surface area contributed by atoms with Gasteiger partial charge in [0.15, 0.2) is 0 Å². The monoisotopic (exact) mass is 356 g/mol. The molecule has 2 atom stereocenters. The van der Waals surface area contributed by atoms with Gasteiger partial charge in [0.25, 0.3) is 5.91 Å². The Labute approximate surface area is 131 Å². The zero-order valence-electron chi connectivity index (χ0n) is 11.6. The Bertz CT molecular complexity index is 540. The Morgan fingerprint density at radius 3 is 3.19 bits per heavy atom. The molecule has 21 heavy (non-hydrogen) atoms. The van der Waals surface area contributed by atoms with Gasteiger partial charge in [0.1, 0.15) is 5.82 Å². The first-order valence-corrected chi connectivity index (χ1v) is 8.01. The Balaban J connectivity index is 1.52. The molecular weight excluding hydrogens is 339 g/mol. The van der Waals surface area contributed by atoms with Crippen LogP contribution in [0.5, 0.6) is 0 Å².